The minimum Gasteiger partial charge on any atom is -0.472 e. The predicted octanol–water partition coefficient (Wildman–Crippen LogP) is 4.61. The van der Waals surface area contributed by atoms with Gasteiger partial charge in [0.25, 0.3) is 0 Å². The Morgan fingerprint density at radius 2 is 1.97 bits per heavy atom. The van der Waals surface area contributed by atoms with Crippen LogP contribution in [0.15, 0.2) is 65.7 Å². The van der Waals surface area contributed by atoms with E-state index in [1.54, 1.807) is 12.1 Å². The molecule has 0 saturated carbocycles. The van der Waals surface area contributed by atoms with E-state index in [4.69, 9.17) is 4.42 Å². The van der Waals surface area contributed by atoms with Gasteiger partial charge in [0.2, 0.25) is 5.91 Å². The molecule has 1 amide bonds. The molecule has 1 N–H and O–H groups in total. The second-order valence-electron chi connectivity index (χ2n) is 6.70. The lowest BCUT2D eigenvalue weighted by Crippen LogP contribution is -2.24. The highest BCUT2D eigenvalue weighted by atomic mass is 19.4. The number of rotatable bonds is 5. The number of hydrogen-bond acceptors (Lipinski definition) is 3. The SMILES string of the molecule is O=C(Cc1cccc(F)c1)NCc1cn2cc(-c3ccoc3)cc(C(F)(F)F)c2n1. The largest absolute Gasteiger partial charge is 0.472 e. The molecule has 3 heterocycles. The van der Waals surface area contributed by atoms with E-state index in [0.717, 1.165) is 6.07 Å². The first kappa shape index (κ1) is 19.7. The summed E-state index contributed by atoms with van der Waals surface area (Å²) in [6.07, 6.45) is 1.01. The fraction of sp³-hybridized carbons (Fsp3) is 0.143. The van der Waals surface area contributed by atoms with E-state index in [1.807, 2.05) is 0 Å². The Morgan fingerprint density at radius 1 is 1.13 bits per heavy atom. The van der Waals surface area contributed by atoms with Crippen molar-refractivity contribution in [3.05, 3.63) is 84.0 Å². The molecule has 0 spiro atoms. The molecule has 1 aromatic carbocycles. The Morgan fingerprint density at radius 3 is 2.67 bits per heavy atom. The normalized spacial score (nSPS) is 11.7. The van der Waals surface area contributed by atoms with E-state index in [9.17, 15) is 22.4 Å². The van der Waals surface area contributed by atoms with Crippen LogP contribution in [0, 0.1) is 5.82 Å². The van der Waals surface area contributed by atoms with Crippen molar-refractivity contribution in [3.8, 4) is 11.1 Å². The maximum Gasteiger partial charge on any atom is 0.420 e. The van der Waals surface area contributed by atoms with Crippen LogP contribution in [-0.4, -0.2) is 15.3 Å². The van der Waals surface area contributed by atoms with Crippen molar-refractivity contribution in [1.29, 1.82) is 0 Å². The summed E-state index contributed by atoms with van der Waals surface area (Å²) in [6.45, 7) is -0.0613. The van der Waals surface area contributed by atoms with Crippen LogP contribution in [0.4, 0.5) is 17.6 Å². The Hall–Kier alpha value is -3.62. The average molecular weight is 417 g/mol. The second-order valence-corrected chi connectivity index (χ2v) is 6.70. The number of carbonyl (C=O) groups is 1. The minimum atomic E-state index is -4.61. The summed E-state index contributed by atoms with van der Waals surface area (Å²) in [5, 5.41) is 2.59. The van der Waals surface area contributed by atoms with E-state index in [2.05, 4.69) is 10.3 Å². The number of aromatic nitrogens is 2. The summed E-state index contributed by atoms with van der Waals surface area (Å²) >= 11 is 0. The molecule has 3 aromatic heterocycles. The Labute approximate surface area is 168 Å². The Balaban J connectivity index is 1.57. The molecule has 4 rings (SSSR count). The number of amides is 1. The van der Waals surface area contributed by atoms with Gasteiger partial charge in [0.05, 0.1) is 36.7 Å². The van der Waals surface area contributed by atoms with Crippen LogP contribution >= 0.6 is 0 Å². The highest BCUT2D eigenvalue weighted by Gasteiger charge is 2.34. The summed E-state index contributed by atoms with van der Waals surface area (Å²) in [5.74, 6) is -0.846. The van der Waals surface area contributed by atoms with Crippen molar-refractivity contribution in [3.63, 3.8) is 0 Å². The first-order valence-corrected chi connectivity index (χ1v) is 8.92. The number of imidazole rings is 1. The van der Waals surface area contributed by atoms with Crippen molar-refractivity contribution in [1.82, 2.24) is 14.7 Å². The third kappa shape index (κ3) is 4.19. The number of fused-ring (bicyclic) bond motifs is 1. The van der Waals surface area contributed by atoms with Gasteiger partial charge in [-0.2, -0.15) is 13.2 Å². The number of alkyl halides is 3. The monoisotopic (exact) mass is 417 g/mol. The van der Waals surface area contributed by atoms with Gasteiger partial charge >= 0.3 is 6.18 Å². The Bertz CT molecular complexity index is 1200. The lowest BCUT2D eigenvalue weighted by Gasteiger charge is -2.10. The van der Waals surface area contributed by atoms with Gasteiger partial charge in [-0.1, -0.05) is 12.1 Å². The van der Waals surface area contributed by atoms with Gasteiger partial charge < -0.3 is 14.1 Å². The predicted molar refractivity (Wildman–Crippen MR) is 99.8 cm³/mol. The molecule has 4 aromatic rings. The summed E-state index contributed by atoms with van der Waals surface area (Å²) in [5.41, 5.74) is 0.426. The number of carbonyl (C=O) groups excluding carboxylic acids is 1. The number of benzene rings is 1. The molecule has 0 saturated heterocycles. The van der Waals surface area contributed by atoms with Crippen LogP contribution < -0.4 is 5.32 Å². The number of hydrogen-bond donors (Lipinski definition) is 1. The van der Waals surface area contributed by atoms with Crippen molar-refractivity contribution in [2.45, 2.75) is 19.1 Å². The van der Waals surface area contributed by atoms with Gasteiger partial charge in [0, 0.05) is 23.5 Å². The molecule has 9 heteroatoms. The Kier molecular flexibility index (Phi) is 5.03. The quantitative estimate of drug-likeness (QED) is 0.483. The maximum atomic E-state index is 13.6. The van der Waals surface area contributed by atoms with Gasteiger partial charge in [-0.15, -0.1) is 0 Å². The van der Waals surface area contributed by atoms with Crippen LogP contribution in [0.25, 0.3) is 16.8 Å². The molecule has 30 heavy (non-hydrogen) atoms. The van der Waals surface area contributed by atoms with Gasteiger partial charge in [-0.25, -0.2) is 9.37 Å². The van der Waals surface area contributed by atoms with Crippen molar-refractivity contribution >= 4 is 11.6 Å². The number of halogens is 4. The van der Waals surface area contributed by atoms with Gasteiger partial charge in [-0.3, -0.25) is 4.79 Å². The van der Waals surface area contributed by atoms with Crippen molar-refractivity contribution in [2.24, 2.45) is 0 Å². The fourth-order valence-corrected chi connectivity index (χ4v) is 3.11. The first-order chi connectivity index (χ1) is 14.3. The highest BCUT2D eigenvalue weighted by molar-refractivity contribution is 5.78. The lowest BCUT2D eigenvalue weighted by molar-refractivity contribution is -0.136. The van der Waals surface area contributed by atoms with E-state index in [-0.39, 0.29) is 24.3 Å². The van der Waals surface area contributed by atoms with Crippen LogP contribution in [0.3, 0.4) is 0 Å². The van der Waals surface area contributed by atoms with Crippen molar-refractivity contribution < 1.29 is 26.8 Å². The highest BCUT2D eigenvalue weighted by Crippen LogP contribution is 2.35. The molecule has 0 bridgehead atoms. The molecule has 0 fully saturated rings. The zero-order chi connectivity index (χ0) is 21.3. The van der Waals surface area contributed by atoms with Gasteiger partial charge in [0.15, 0.2) is 0 Å². The minimum absolute atomic E-state index is 0.0520. The summed E-state index contributed by atoms with van der Waals surface area (Å²) in [7, 11) is 0. The van der Waals surface area contributed by atoms with Gasteiger partial charge in [-0.05, 0) is 29.8 Å². The maximum absolute atomic E-state index is 13.6. The summed E-state index contributed by atoms with van der Waals surface area (Å²) in [6, 6.07) is 8.20. The van der Waals surface area contributed by atoms with E-state index < -0.39 is 23.5 Å². The van der Waals surface area contributed by atoms with Crippen LogP contribution in [0.1, 0.15) is 16.8 Å². The molecular weight excluding hydrogens is 402 g/mol. The number of nitrogens with one attached hydrogen (secondary N) is 1. The van der Waals surface area contributed by atoms with Crippen molar-refractivity contribution in [2.75, 3.05) is 0 Å². The topological polar surface area (TPSA) is 59.5 Å². The van der Waals surface area contributed by atoms with Gasteiger partial charge in [0.1, 0.15) is 11.5 Å². The average Bonchev–Trinajstić information content (AvgIpc) is 3.34. The molecule has 0 aliphatic carbocycles. The van der Waals surface area contributed by atoms with E-state index >= 15 is 0 Å². The zero-order valence-electron chi connectivity index (χ0n) is 15.4. The standard InChI is InChI=1S/C21H15F4N3O2/c22-16-3-1-2-13(6-16)7-19(29)26-9-17-11-28-10-15(14-4-5-30-12-14)8-18(20(28)27-17)21(23,24)25/h1-6,8,10-12H,7,9H2,(H,26,29). The lowest BCUT2D eigenvalue weighted by atomic mass is 10.1. The fourth-order valence-electron chi connectivity index (χ4n) is 3.11. The van der Waals surface area contributed by atoms with E-state index in [0.29, 0.717) is 16.7 Å². The third-order valence-electron chi connectivity index (χ3n) is 4.48. The molecule has 0 unspecified atom stereocenters. The molecule has 0 aliphatic heterocycles. The first-order valence-electron chi connectivity index (χ1n) is 8.92. The van der Waals surface area contributed by atoms with Crippen LogP contribution in [-0.2, 0) is 23.9 Å². The summed E-state index contributed by atoms with van der Waals surface area (Å²) in [4.78, 5) is 16.1. The van der Waals surface area contributed by atoms with E-state index in [1.165, 1.54) is 47.5 Å². The molecule has 154 valence electrons. The van der Waals surface area contributed by atoms with Crippen LogP contribution in [0.2, 0.25) is 0 Å². The third-order valence-corrected chi connectivity index (χ3v) is 4.48. The van der Waals surface area contributed by atoms with Crippen LogP contribution in [0.5, 0.6) is 0 Å². The zero-order valence-corrected chi connectivity index (χ0v) is 15.4. The second kappa shape index (κ2) is 7.66. The molecule has 0 aliphatic rings. The molecule has 5 nitrogen and oxygen atoms in total. The number of pyridine rings is 1. The molecule has 0 atom stereocenters. The molecule has 0 radical (unpaired) electrons. The smallest absolute Gasteiger partial charge is 0.420 e. The number of nitrogens with zero attached hydrogens (tertiary/aromatic N) is 2. The molecular formula is C21H15F4N3O2. The number of furan rings is 1. The summed E-state index contributed by atoms with van der Waals surface area (Å²) < 4.78 is 60.1.